The number of allylic oxidation sites excluding steroid dienone is 2. The molecule has 0 aromatic heterocycles. The standard InChI is InChI=1S/C26H26F6O/c1-2-3-4-5-15-6-9-18-16(12-15)7-10-19-20(18)14-22(28)24(25(19)29)17-8-11-23(21(27)13-17)33-26(30,31)32/h2-3,8,11,13-16,18H,4-7,9-10,12H2,1H3/b3-2+. The second-order valence-electron chi connectivity index (χ2n) is 9.04. The maximum atomic E-state index is 15.5. The lowest BCUT2D eigenvalue weighted by Crippen LogP contribution is -2.29. The molecule has 0 spiro atoms. The molecule has 0 bridgehead atoms. The van der Waals surface area contributed by atoms with E-state index >= 15 is 8.78 Å². The zero-order chi connectivity index (χ0) is 23.8. The summed E-state index contributed by atoms with van der Waals surface area (Å²) in [4.78, 5) is 0. The van der Waals surface area contributed by atoms with Crippen LogP contribution in [0, 0.1) is 29.3 Å². The first-order valence-corrected chi connectivity index (χ1v) is 11.4. The molecule has 7 heteroatoms. The van der Waals surface area contributed by atoms with Crippen LogP contribution in [0.2, 0.25) is 0 Å². The highest BCUT2D eigenvalue weighted by Gasteiger charge is 2.37. The van der Waals surface area contributed by atoms with Gasteiger partial charge in [0, 0.05) is 0 Å². The van der Waals surface area contributed by atoms with Crippen LogP contribution >= 0.6 is 0 Å². The normalized spacial score (nSPS) is 22.8. The van der Waals surface area contributed by atoms with Gasteiger partial charge in [0.25, 0.3) is 0 Å². The van der Waals surface area contributed by atoms with Gasteiger partial charge in [0.05, 0.1) is 5.56 Å². The van der Waals surface area contributed by atoms with E-state index in [4.69, 9.17) is 0 Å². The predicted octanol–water partition coefficient (Wildman–Crippen LogP) is 8.47. The number of fused-ring (bicyclic) bond motifs is 3. The molecule has 2 aliphatic carbocycles. The van der Waals surface area contributed by atoms with Crippen LogP contribution in [0.1, 0.15) is 62.5 Å². The molecule has 2 aliphatic rings. The zero-order valence-electron chi connectivity index (χ0n) is 18.3. The molecular formula is C26H26F6O. The molecule has 0 saturated heterocycles. The first kappa shape index (κ1) is 23.7. The summed E-state index contributed by atoms with van der Waals surface area (Å²) in [6.07, 6.45) is 5.57. The maximum Gasteiger partial charge on any atom is 0.573 e. The van der Waals surface area contributed by atoms with E-state index in [0.29, 0.717) is 35.4 Å². The molecule has 1 saturated carbocycles. The highest BCUT2D eigenvalue weighted by Crippen LogP contribution is 2.49. The minimum absolute atomic E-state index is 0.101. The van der Waals surface area contributed by atoms with Crippen molar-refractivity contribution >= 4 is 0 Å². The maximum absolute atomic E-state index is 15.5. The lowest BCUT2D eigenvalue weighted by molar-refractivity contribution is -0.275. The molecule has 1 nitrogen and oxygen atoms in total. The molecule has 0 heterocycles. The van der Waals surface area contributed by atoms with Crippen molar-refractivity contribution in [1.82, 2.24) is 0 Å². The van der Waals surface area contributed by atoms with Gasteiger partial charge in [-0.15, -0.1) is 13.2 Å². The van der Waals surface area contributed by atoms with Gasteiger partial charge in [-0.1, -0.05) is 18.2 Å². The quantitative estimate of drug-likeness (QED) is 0.316. The Morgan fingerprint density at radius 1 is 1.03 bits per heavy atom. The summed E-state index contributed by atoms with van der Waals surface area (Å²) in [5.41, 5.74) is 0.560. The van der Waals surface area contributed by atoms with E-state index in [9.17, 15) is 17.6 Å². The number of halogens is 6. The van der Waals surface area contributed by atoms with Gasteiger partial charge in [0.2, 0.25) is 0 Å². The SMILES string of the molecule is C/C=C/CCC1CCC2c3cc(F)c(-c4ccc(OC(F)(F)F)c(F)c4)c(F)c3CCC2C1. The number of hydrogen-bond donors (Lipinski definition) is 0. The van der Waals surface area contributed by atoms with Crippen molar-refractivity contribution in [2.75, 3.05) is 0 Å². The van der Waals surface area contributed by atoms with E-state index < -0.39 is 35.1 Å². The van der Waals surface area contributed by atoms with E-state index in [1.807, 2.05) is 13.0 Å². The molecule has 4 rings (SSSR count). The minimum Gasteiger partial charge on any atom is -0.403 e. The third-order valence-electron chi connectivity index (χ3n) is 7.03. The van der Waals surface area contributed by atoms with Crippen molar-refractivity contribution in [2.45, 2.75) is 64.1 Å². The molecule has 3 unspecified atom stereocenters. The monoisotopic (exact) mass is 468 g/mol. The van der Waals surface area contributed by atoms with Crippen LogP contribution in [0.3, 0.4) is 0 Å². The second-order valence-corrected chi connectivity index (χ2v) is 9.04. The smallest absolute Gasteiger partial charge is 0.403 e. The van der Waals surface area contributed by atoms with Crippen molar-refractivity contribution in [3.05, 3.63) is 65.0 Å². The molecule has 2 aromatic carbocycles. The highest BCUT2D eigenvalue weighted by molar-refractivity contribution is 5.68. The molecule has 178 valence electrons. The zero-order valence-corrected chi connectivity index (χ0v) is 18.3. The van der Waals surface area contributed by atoms with E-state index in [0.717, 1.165) is 50.7 Å². The minimum atomic E-state index is -5.06. The molecule has 2 aromatic rings. The summed E-state index contributed by atoms with van der Waals surface area (Å²) in [5, 5.41) is 0. The van der Waals surface area contributed by atoms with Crippen LogP contribution in [0.25, 0.3) is 11.1 Å². The van der Waals surface area contributed by atoms with Gasteiger partial charge >= 0.3 is 6.36 Å². The Morgan fingerprint density at radius 2 is 1.82 bits per heavy atom. The molecule has 3 atom stereocenters. The van der Waals surface area contributed by atoms with Crippen LogP contribution in [0.15, 0.2) is 36.4 Å². The van der Waals surface area contributed by atoms with E-state index in [1.54, 1.807) is 0 Å². The molecule has 33 heavy (non-hydrogen) atoms. The van der Waals surface area contributed by atoms with Gasteiger partial charge in [0.1, 0.15) is 11.6 Å². The van der Waals surface area contributed by atoms with E-state index in [1.165, 1.54) is 6.07 Å². The van der Waals surface area contributed by atoms with Gasteiger partial charge in [0.15, 0.2) is 11.6 Å². The number of ether oxygens (including phenoxy) is 1. The molecule has 0 radical (unpaired) electrons. The lowest BCUT2D eigenvalue weighted by atomic mass is 9.64. The summed E-state index contributed by atoms with van der Waals surface area (Å²) < 4.78 is 85.5. The Kier molecular flexibility index (Phi) is 6.78. The van der Waals surface area contributed by atoms with E-state index in [-0.39, 0.29) is 11.5 Å². The predicted molar refractivity (Wildman–Crippen MR) is 114 cm³/mol. The van der Waals surface area contributed by atoms with Crippen LogP contribution in [-0.2, 0) is 6.42 Å². The summed E-state index contributed by atoms with van der Waals surface area (Å²) in [5.74, 6) is -2.84. The van der Waals surface area contributed by atoms with Crippen LogP contribution in [0.5, 0.6) is 5.75 Å². The van der Waals surface area contributed by atoms with Crippen molar-refractivity contribution < 1.29 is 31.1 Å². The first-order chi connectivity index (χ1) is 15.7. The molecule has 0 aliphatic heterocycles. The molecule has 1 fully saturated rings. The molecule has 0 N–H and O–H groups in total. The molecule has 0 amide bonds. The van der Waals surface area contributed by atoms with Gasteiger partial charge in [-0.25, -0.2) is 13.2 Å². The Hall–Kier alpha value is -2.44. The van der Waals surface area contributed by atoms with Gasteiger partial charge in [-0.2, -0.15) is 0 Å². The topological polar surface area (TPSA) is 9.23 Å². The first-order valence-electron chi connectivity index (χ1n) is 11.4. The lowest BCUT2D eigenvalue weighted by Gasteiger charge is -2.41. The van der Waals surface area contributed by atoms with Gasteiger partial charge < -0.3 is 4.74 Å². The summed E-state index contributed by atoms with van der Waals surface area (Å²) >= 11 is 0. The fourth-order valence-corrected chi connectivity index (χ4v) is 5.57. The molecular weight excluding hydrogens is 442 g/mol. The summed E-state index contributed by atoms with van der Waals surface area (Å²) in [6, 6.07) is 3.81. The van der Waals surface area contributed by atoms with E-state index in [2.05, 4.69) is 10.8 Å². The van der Waals surface area contributed by atoms with Crippen molar-refractivity contribution in [1.29, 1.82) is 0 Å². The van der Waals surface area contributed by atoms with Crippen LogP contribution in [-0.4, -0.2) is 6.36 Å². The second kappa shape index (κ2) is 9.43. The highest BCUT2D eigenvalue weighted by atomic mass is 19.4. The summed E-state index contributed by atoms with van der Waals surface area (Å²) in [7, 11) is 0. The Bertz CT molecular complexity index is 1040. The average molecular weight is 468 g/mol. The number of alkyl halides is 3. The van der Waals surface area contributed by atoms with Crippen molar-refractivity contribution in [2.24, 2.45) is 11.8 Å². The fraction of sp³-hybridized carbons (Fsp3) is 0.462. The third-order valence-corrected chi connectivity index (χ3v) is 7.03. The van der Waals surface area contributed by atoms with Crippen LogP contribution < -0.4 is 4.74 Å². The summed E-state index contributed by atoms with van der Waals surface area (Å²) in [6.45, 7) is 2.01. The Morgan fingerprint density at radius 3 is 2.52 bits per heavy atom. The van der Waals surface area contributed by atoms with Crippen molar-refractivity contribution in [3.8, 4) is 16.9 Å². The largest absolute Gasteiger partial charge is 0.573 e. The number of rotatable bonds is 5. The van der Waals surface area contributed by atoms with Gasteiger partial charge in [-0.3, -0.25) is 0 Å². The Balaban J connectivity index is 1.60. The Labute approximate surface area is 189 Å². The third kappa shape index (κ3) is 5.07. The van der Waals surface area contributed by atoms with Crippen LogP contribution in [0.4, 0.5) is 26.3 Å². The average Bonchev–Trinajstić information content (AvgIpc) is 2.74. The number of hydrogen-bond acceptors (Lipinski definition) is 1. The number of benzene rings is 2. The fourth-order valence-electron chi connectivity index (χ4n) is 5.57. The van der Waals surface area contributed by atoms with Gasteiger partial charge in [-0.05, 0) is 105 Å². The van der Waals surface area contributed by atoms with Crippen molar-refractivity contribution in [3.63, 3.8) is 0 Å².